The van der Waals surface area contributed by atoms with Crippen LogP contribution in [0, 0.1) is 10.1 Å². The van der Waals surface area contributed by atoms with Crippen molar-refractivity contribution in [1.82, 2.24) is 15.5 Å². The lowest BCUT2D eigenvalue weighted by Crippen LogP contribution is -2.50. The molecule has 0 aliphatic carbocycles. The smallest absolute Gasteiger partial charge is 0.274 e. The number of nitrogens with zero attached hydrogens (tertiary/aromatic N) is 2. The number of nitro benzene ring substituents is 1. The number of hydrogen-bond donors (Lipinski definition) is 2. The Hall–Kier alpha value is -3.78. The molecule has 34 heavy (non-hydrogen) atoms. The van der Waals surface area contributed by atoms with Gasteiger partial charge in [-0.3, -0.25) is 14.9 Å². The number of carbonyl (C=O) groups excluding carboxylic acids is 1. The monoisotopic (exact) mass is 474 g/mol. The maximum atomic E-state index is 13.4. The summed E-state index contributed by atoms with van der Waals surface area (Å²) in [4.78, 5) is 26.2. The number of nitro groups is 1. The van der Waals surface area contributed by atoms with E-state index in [1.165, 1.54) is 6.07 Å². The van der Waals surface area contributed by atoms with Crippen LogP contribution in [0.4, 0.5) is 5.69 Å². The Kier molecular flexibility index (Phi) is 7.49. The van der Waals surface area contributed by atoms with Crippen LogP contribution in [0.15, 0.2) is 84.9 Å². The molecule has 1 aliphatic rings. The molecule has 0 radical (unpaired) electrons. The molecule has 1 amide bonds. The molecule has 1 saturated heterocycles. The van der Waals surface area contributed by atoms with Crippen LogP contribution in [0.2, 0.25) is 0 Å². The molecule has 2 N–H and O–H groups in total. The Morgan fingerprint density at radius 2 is 1.59 bits per heavy atom. The molecule has 1 heterocycles. The van der Waals surface area contributed by atoms with Crippen LogP contribution in [0.3, 0.4) is 0 Å². The van der Waals surface area contributed by atoms with Crippen LogP contribution in [0.1, 0.15) is 35.6 Å². The second-order valence-corrected chi connectivity index (χ2v) is 8.55. The van der Waals surface area contributed by atoms with E-state index >= 15 is 0 Å². The number of para-hydroxylation sites is 1. The van der Waals surface area contributed by atoms with Crippen molar-refractivity contribution in [3.63, 3.8) is 0 Å². The van der Waals surface area contributed by atoms with E-state index < -0.39 is 11.0 Å². The Morgan fingerprint density at radius 1 is 1.00 bits per heavy atom. The lowest BCUT2D eigenvalue weighted by molar-refractivity contribution is -0.385. The first-order valence-corrected chi connectivity index (χ1v) is 11.6. The highest BCUT2D eigenvalue weighted by Gasteiger charge is 2.34. The zero-order chi connectivity index (χ0) is 23.9. The van der Waals surface area contributed by atoms with Crippen LogP contribution in [-0.4, -0.2) is 33.4 Å². The molecule has 174 valence electrons. The number of rotatable bonds is 7. The average molecular weight is 475 g/mol. The van der Waals surface area contributed by atoms with E-state index in [9.17, 15) is 14.9 Å². The molecule has 4 rings (SSSR count). The Balaban J connectivity index is 1.46. The number of carbonyl (C=O) groups is 1. The van der Waals surface area contributed by atoms with Crippen molar-refractivity contribution in [1.29, 1.82) is 0 Å². The average Bonchev–Trinajstić information content (AvgIpc) is 3.37. The van der Waals surface area contributed by atoms with Crippen LogP contribution in [0.5, 0.6) is 0 Å². The third kappa shape index (κ3) is 5.40. The van der Waals surface area contributed by atoms with Crippen LogP contribution in [0.25, 0.3) is 0 Å². The fourth-order valence-corrected chi connectivity index (χ4v) is 4.57. The summed E-state index contributed by atoms with van der Waals surface area (Å²) in [6.45, 7) is 0.875. The van der Waals surface area contributed by atoms with Gasteiger partial charge in [0.2, 0.25) is 5.91 Å². The SMILES string of the molecule is O=C(NC(c1ccccc1)c1ccccc1)[C@@H]1CCCN1C(=S)NCc1ccccc1[N+](=O)[O-]. The maximum Gasteiger partial charge on any atom is 0.274 e. The number of thiocarbonyl (C=S) groups is 1. The molecule has 7 nitrogen and oxygen atoms in total. The van der Waals surface area contributed by atoms with E-state index in [0.29, 0.717) is 23.6 Å². The summed E-state index contributed by atoms with van der Waals surface area (Å²) >= 11 is 5.58. The standard InChI is InChI=1S/C26H26N4O3S/c31-25(28-24(19-10-3-1-4-11-19)20-12-5-2-6-13-20)23-16-9-17-29(23)26(34)27-18-21-14-7-8-15-22(21)30(32)33/h1-8,10-15,23-24H,9,16-18H2,(H,27,34)(H,28,31)/t23-/m0/s1. The van der Waals surface area contributed by atoms with Gasteiger partial charge < -0.3 is 15.5 Å². The topological polar surface area (TPSA) is 87.5 Å². The molecule has 8 heteroatoms. The van der Waals surface area contributed by atoms with Gasteiger partial charge in [-0.1, -0.05) is 78.9 Å². The normalized spacial score (nSPS) is 15.2. The summed E-state index contributed by atoms with van der Waals surface area (Å²) in [5, 5.41) is 18.0. The lowest BCUT2D eigenvalue weighted by Gasteiger charge is -2.29. The van der Waals surface area contributed by atoms with Crippen molar-refractivity contribution in [3.8, 4) is 0 Å². The molecule has 0 unspecified atom stereocenters. The van der Waals surface area contributed by atoms with Crippen molar-refractivity contribution < 1.29 is 9.72 Å². The number of amides is 1. The molecule has 1 aliphatic heterocycles. The minimum atomic E-state index is -0.403. The first-order valence-electron chi connectivity index (χ1n) is 11.2. The molecule has 0 bridgehead atoms. The molecule has 0 aromatic heterocycles. The molecule has 0 spiro atoms. The van der Waals surface area contributed by atoms with E-state index in [4.69, 9.17) is 12.2 Å². The number of hydrogen-bond acceptors (Lipinski definition) is 4. The summed E-state index contributed by atoms with van der Waals surface area (Å²) < 4.78 is 0. The minimum Gasteiger partial charge on any atom is -0.358 e. The van der Waals surface area contributed by atoms with Crippen molar-refractivity contribution in [2.45, 2.75) is 31.5 Å². The summed E-state index contributed by atoms with van der Waals surface area (Å²) in [6, 6.07) is 25.6. The maximum absolute atomic E-state index is 13.4. The largest absolute Gasteiger partial charge is 0.358 e. The van der Waals surface area contributed by atoms with Crippen LogP contribution in [-0.2, 0) is 11.3 Å². The van der Waals surface area contributed by atoms with Gasteiger partial charge in [-0.15, -0.1) is 0 Å². The molecule has 3 aromatic carbocycles. The highest BCUT2D eigenvalue weighted by molar-refractivity contribution is 7.80. The highest BCUT2D eigenvalue weighted by Crippen LogP contribution is 2.25. The Morgan fingerprint density at radius 3 is 2.21 bits per heavy atom. The number of benzene rings is 3. The predicted molar refractivity (Wildman–Crippen MR) is 135 cm³/mol. The van der Waals surface area contributed by atoms with Gasteiger partial charge in [0.1, 0.15) is 6.04 Å². The molecule has 0 saturated carbocycles. The fourth-order valence-electron chi connectivity index (χ4n) is 4.28. The summed E-state index contributed by atoms with van der Waals surface area (Å²) in [5.74, 6) is -0.0925. The van der Waals surface area contributed by atoms with Gasteiger partial charge in [0.25, 0.3) is 5.69 Å². The van der Waals surface area contributed by atoms with Crippen molar-refractivity contribution >= 4 is 28.9 Å². The first-order chi connectivity index (χ1) is 16.5. The van der Waals surface area contributed by atoms with Crippen LogP contribution >= 0.6 is 12.2 Å². The second-order valence-electron chi connectivity index (χ2n) is 8.16. The van der Waals surface area contributed by atoms with Crippen molar-refractivity contribution in [2.75, 3.05) is 6.54 Å². The molecular weight excluding hydrogens is 448 g/mol. The second kappa shape index (κ2) is 10.9. The van der Waals surface area contributed by atoms with Gasteiger partial charge in [-0.2, -0.15) is 0 Å². The number of nitrogens with one attached hydrogen (secondary N) is 2. The summed E-state index contributed by atoms with van der Waals surface area (Å²) in [5.41, 5.74) is 2.60. The zero-order valence-corrected chi connectivity index (χ0v) is 19.4. The van der Waals surface area contributed by atoms with Crippen LogP contribution < -0.4 is 10.6 Å². The quantitative estimate of drug-likeness (QED) is 0.301. The van der Waals surface area contributed by atoms with Gasteiger partial charge in [0.15, 0.2) is 5.11 Å². The molecule has 1 atom stereocenters. The van der Waals surface area contributed by atoms with Gasteiger partial charge in [0.05, 0.1) is 11.0 Å². The minimum absolute atomic E-state index is 0.0436. The molecule has 1 fully saturated rings. The summed E-state index contributed by atoms with van der Waals surface area (Å²) in [6.07, 6.45) is 1.53. The molecular formula is C26H26N4O3S. The Bertz CT molecular complexity index is 1120. The van der Waals surface area contributed by atoms with E-state index in [-0.39, 0.29) is 24.2 Å². The van der Waals surface area contributed by atoms with Gasteiger partial charge in [0, 0.05) is 24.7 Å². The predicted octanol–water partition coefficient (Wildman–Crippen LogP) is 4.34. The van der Waals surface area contributed by atoms with E-state index in [1.807, 2.05) is 65.6 Å². The third-order valence-electron chi connectivity index (χ3n) is 5.99. The third-order valence-corrected chi connectivity index (χ3v) is 6.37. The zero-order valence-electron chi connectivity index (χ0n) is 18.6. The van der Waals surface area contributed by atoms with Gasteiger partial charge in [-0.05, 0) is 36.2 Å². The van der Waals surface area contributed by atoms with E-state index in [2.05, 4.69) is 10.6 Å². The first kappa shape index (κ1) is 23.4. The van der Waals surface area contributed by atoms with Gasteiger partial charge >= 0.3 is 0 Å². The van der Waals surface area contributed by atoms with Crippen molar-refractivity contribution in [2.24, 2.45) is 0 Å². The van der Waals surface area contributed by atoms with Gasteiger partial charge in [-0.25, -0.2) is 0 Å². The molecule has 3 aromatic rings. The number of likely N-dealkylation sites (tertiary alicyclic amines) is 1. The Labute approximate surface area is 203 Å². The van der Waals surface area contributed by atoms with E-state index in [1.54, 1.807) is 18.2 Å². The van der Waals surface area contributed by atoms with Crippen molar-refractivity contribution in [3.05, 3.63) is 112 Å². The highest BCUT2D eigenvalue weighted by atomic mass is 32.1. The van der Waals surface area contributed by atoms with E-state index in [0.717, 1.165) is 17.5 Å². The lowest BCUT2D eigenvalue weighted by atomic mass is 9.98. The summed E-state index contributed by atoms with van der Waals surface area (Å²) in [7, 11) is 0. The fraction of sp³-hybridized carbons (Fsp3) is 0.231.